The number of urea groups is 1. The molecule has 0 aromatic heterocycles. The average Bonchev–Trinajstić information content (AvgIpc) is 3.14. The van der Waals surface area contributed by atoms with Gasteiger partial charge in [-0.3, -0.25) is 0 Å². The molecule has 22 heavy (non-hydrogen) atoms. The zero-order valence-electron chi connectivity index (χ0n) is 13.3. The van der Waals surface area contributed by atoms with Gasteiger partial charge in [0.15, 0.2) is 0 Å². The second-order valence-electron chi connectivity index (χ2n) is 5.98. The van der Waals surface area contributed by atoms with Gasteiger partial charge in [-0.1, -0.05) is 6.92 Å². The molecule has 120 valence electrons. The summed E-state index contributed by atoms with van der Waals surface area (Å²) in [6.07, 6.45) is 3.59. The largest absolute Gasteiger partial charge is 0.493 e. The number of fused-ring (bicyclic) bond motifs is 2. The normalized spacial score (nSPS) is 16.3. The van der Waals surface area contributed by atoms with Crippen molar-refractivity contribution < 1.29 is 14.3 Å². The van der Waals surface area contributed by atoms with Gasteiger partial charge in [0.1, 0.15) is 11.5 Å². The van der Waals surface area contributed by atoms with E-state index in [0.717, 1.165) is 50.4 Å². The molecule has 0 radical (unpaired) electrons. The Morgan fingerprint density at radius 1 is 1.32 bits per heavy atom. The highest BCUT2D eigenvalue weighted by Crippen LogP contribution is 2.40. The third-order valence-corrected chi connectivity index (χ3v) is 4.41. The van der Waals surface area contributed by atoms with Crippen molar-refractivity contribution >= 4 is 6.03 Å². The molecule has 5 nitrogen and oxygen atoms in total. The Kier molecular flexibility index (Phi) is 4.41. The lowest BCUT2D eigenvalue weighted by Crippen LogP contribution is -2.41. The fourth-order valence-electron chi connectivity index (χ4n) is 3.03. The number of ether oxygens (including phenoxy) is 2. The molecular formula is C17H24N2O3. The lowest BCUT2D eigenvalue weighted by molar-refractivity contribution is 0.237. The molecule has 0 saturated heterocycles. The summed E-state index contributed by atoms with van der Waals surface area (Å²) in [6.45, 7) is 6.15. The second kappa shape index (κ2) is 6.46. The summed E-state index contributed by atoms with van der Waals surface area (Å²) in [5.41, 5.74) is 3.70. The van der Waals surface area contributed by atoms with Crippen molar-refractivity contribution in [3.8, 4) is 11.5 Å². The van der Waals surface area contributed by atoms with E-state index in [2.05, 4.69) is 23.6 Å². The van der Waals surface area contributed by atoms with Gasteiger partial charge >= 0.3 is 6.03 Å². The summed E-state index contributed by atoms with van der Waals surface area (Å²) < 4.78 is 11.5. The van der Waals surface area contributed by atoms with E-state index in [1.54, 1.807) is 0 Å². The first-order valence-electron chi connectivity index (χ1n) is 8.16. The van der Waals surface area contributed by atoms with Crippen molar-refractivity contribution in [1.29, 1.82) is 0 Å². The predicted molar refractivity (Wildman–Crippen MR) is 84.8 cm³/mol. The molecule has 1 aromatic carbocycles. The van der Waals surface area contributed by atoms with Crippen LogP contribution in [-0.4, -0.2) is 31.8 Å². The lowest BCUT2D eigenvalue weighted by atomic mass is 9.97. The van der Waals surface area contributed by atoms with Crippen LogP contribution in [0, 0.1) is 0 Å². The van der Waals surface area contributed by atoms with E-state index < -0.39 is 0 Å². The van der Waals surface area contributed by atoms with Gasteiger partial charge in [0.05, 0.1) is 13.2 Å². The molecule has 0 bridgehead atoms. The van der Waals surface area contributed by atoms with E-state index in [1.807, 2.05) is 6.92 Å². The van der Waals surface area contributed by atoms with Crippen LogP contribution >= 0.6 is 0 Å². The number of hydrogen-bond donors (Lipinski definition) is 2. The molecule has 2 amide bonds. The first-order valence-corrected chi connectivity index (χ1v) is 8.16. The van der Waals surface area contributed by atoms with E-state index >= 15 is 0 Å². The minimum Gasteiger partial charge on any atom is -0.493 e. The van der Waals surface area contributed by atoms with E-state index in [0.29, 0.717) is 6.54 Å². The van der Waals surface area contributed by atoms with Crippen molar-refractivity contribution in [1.82, 2.24) is 10.6 Å². The topological polar surface area (TPSA) is 59.6 Å². The Morgan fingerprint density at radius 2 is 2.14 bits per heavy atom. The summed E-state index contributed by atoms with van der Waals surface area (Å²) in [5.74, 6) is 2.02. The Labute approximate surface area is 131 Å². The zero-order valence-corrected chi connectivity index (χ0v) is 13.3. The molecular weight excluding hydrogens is 280 g/mol. The molecule has 2 aliphatic rings. The first-order chi connectivity index (χ1) is 10.7. The third-order valence-electron chi connectivity index (χ3n) is 4.41. The molecule has 2 aliphatic heterocycles. The van der Waals surface area contributed by atoms with Crippen molar-refractivity contribution in [2.24, 2.45) is 0 Å². The summed E-state index contributed by atoms with van der Waals surface area (Å²) in [5, 5.41) is 5.85. The second-order valence-corrected chi connectivity index (χ2v) is 5.98. The monoisotopic (exact) mass is 304 g/mol. The number of hydrogen-bond acceptors (Lipinski definition) is 3. The maximum absolute atomic E-state index is 11.8. The van der Waals surface area contributed by atoms with E-state index in [1.165, 1.54) is 16.7 Å². The van der Waals surface area contributed by atoms with Crippen LogP contribution in [0.2, 0.25) is 0 Å². The molecule has 0 fully saturated rings. The van der Waals surface area contributed by atoms with Gasteiger partial charge in [0.25, 0.3) is 0 Å². The van der Waals surface area contributed by atoms with Crippen LogP contribution in [0.4, 0.5) is 4.79 Å². The van der Waals surface area contributed by atoms with Crippen molar-refractivity contribution in [3.63, 3.8) is 0 Å². The van der Waals surface area contributed by atoms with E-state index in [-0.39, 0.29) is 12.1 Å². The Hall–Kier alpha value is -1.91. The Morgan fingerprint density at radius 3 is 2.95 bits per heavy atom. The molecule has 3 rings (SSSR count). The molecule has 2 heterocycles. The fourth-order valence-corrected chi connectivity index (χ4v) is 3.03. The van der Waals surface area contributed by atoms with E-state index in [9.17, 15) is 4.79 Å². The maximum atomic E-state index is 11.8. The number of amides is 2. The first kappa shape index (κ1) is 15.0. The molecule has 1 atom stereocenters. The number of carbonyl (C=O) groups is 1. The van der Waals surface area contributed by atoms with Crippen LogP contribution < -0.4 is 20.1 Å². The number of rotatable bonds is 5. The van der Waals surface area contributed by atoms with Gasteiger partial charge < -0.3 is 20.1 Å². The highest BCUT2D eigenvalue weighted by Gasteiger charge is 2.26. The average molecular weight is 304 g/mol. The van der Waals surface area contributed by atoms with Crippen LogP contribution in [0.5, 0.6) is 11.5 Å². The molecule has 0 aliphatic carbocycles. The lowest BCUT2D eigenvalue weighted by Gasteiger charge is -2.15. The smallest absolute Gasteiger partial charge is 0.315 e. The zero-order chi connectivity index (χ0) is 15.5. The van der Waals surface area contributed by atoms with Crippen molar-refractivity contribution in [2.45, 2.75) is 45.6 Å². The van der Waals surface area contributed by atoms with Gasteiger partial charge in [-0.2, -0.15) is 0 Å². The van der Waals surface area contributed by atoms with Crippen molar-refractivity contribution in [3.05, 3.63) is 22.8 Å². The van der Waals surface area contributed by atoms with Crippen LogP contribution in [0.15, 0.2) is 6.07 Å². The Bertz CT molecular complexity index is 539. The SMILES string of the molecule is CCC(C)NC(=O)NCCc1c2c(cc3c1OCC3)OCC2. The molecule has 0 spiro atoms. The summed E-state index contributed by atoms with van der Waals surface area (Å²) >= 11 is 0. The third kappa shape index (κ3) is 2.98. The summed E-state index contributed by atoms with van der Waals surface area (Å²) in [7, 11) is 0. The quantitative estimate of drug-likeness (QED) is 0.876. The molecule has 1 unspecified atom stereocenters. The molecule has 2 N–H and O–H groups in total. The highest BCUT2D eigenvalue weighted by molar-refractivity contribution is 5.74. The molecule has 1 aromatic rings. The van der Waals surface area contributed by atoms with Gasteiger partial charge in [-0.15, -0.1) is 0 Å². The van der Waals surface area contributed by atoms with Crippen LogP contribution in [0.1, 0.15) is 37.0 Å². The molecule has 5 heteroatoms. The minimum atomic E-state index is -0.101. The van der Waals surface area contributed by atoms with Crippen LogP contribution in [-0.2, 0) is 19.3 Å². The molecule has 0 saturated carbocycles. The highest BCUT2D eigenvalue weighted by atomic mass is 16.5. The number of benzene rings is 1. The van der Waals surface area contributed by atoms with Crippen molar-refractivity contribution in [2.75, 3.05) is 19.8 Å². The standard InChI is InChI=1S/C17H24N2O3/c1-3-11(2)19-17(20)18-7-4-14-13-6-9-21-15(13)10-12-5-8-22-16(12)14/h10-11H,3-9H2,1-2H3,(H2,18,19,20). The summed E-state index contributed by atoms with van der Waals surface area (Å²) in [4.78, 5) is 11.8. The van der Waals surface area contributed by atoms with Crippen LogP contribution in [0.25, 0.3) is 0 Å². The predicted octanol–water partition coefficient (Wildman–Crippen LogP) is 2.20. The number of carbonyl (C=O) groups excluding carboxylic acids is 1. The van der Waals surface area contributed by atoms with E-state index in [4.69, 9.17) is 9.47 Å². The Balaban J connectivity index is 1.65. The van der Waals surface area contributed by atoms with Gasteiger partial charge in [0, 0.05) is 42.1 Å². The number of nitrogens with one attached hydrogen (secondary N) is 2. The van der Waals surface area contributed by atoms with Gasteiger partial charge in [-0.05, 0) is 25.8 Å². The fraction of sp³-hybridized carbons (Fsp3) is 0.588. The maximum Gasteiger partial charge on any atom is 0.315 e. The van der Waals surface area contributed by atoms with Gasteiger partial charge in [0.2, 0.25) is 0 Å². The van der Waals surface area contributed by atoms with Crippen LogP contribution in [0.3, 0.4) is 0 Å². The summed E-state index contributed by atoms with van der Waals surface area (Å²) in [6, 6.07) is 2.22. The minimum absolute atomic E-state index is 0.101. The van der Waals surface area contributed by atoms with Gasteiger partial charge in [-0.25, -0.2) is 4.79 Å².